The van der Waals surface area contributed by atoms with E-state index < -0.39 is 5.97 Å². The highest BCUT2D eigenvalue weighted by Gasteiger charge is 2.22. The molecule has 0 spiro atoms. The zero-order chi connectivity index (χ0) is 19.2. The second kappa shape index (κ2) is 8.59. The van der Waals surface area contributed by atoms with Crippen molar-refractivity contribution in [1.29, 1.82) is 0 Å². The van der Waals surface area contributed by atoms with Crippen LogP contribution in [0.5, 0.6) is 0 Å². The number of amides is 1. The number of carbonyl (C=O) groups excluding carboxylic acids is 2. The van der Waals surface area contributed by atoms with Crippen LogP contribution in [0.1, 0.15) is 27.8 Å². The molecular formula is C19H23N5O3. The summed E-state index contributed by atoms with van der Waals surface area (Å²) in [7, 11) is 1.33. The number of aromatic nitrogens is 2. The molecule has 1 aromatic heterocycles. The van der Waals surface area contributed by atoms with Gasteiger partial charge in [0.25, 0.3) is 5.91 Å². The van der Waals surface area contributed by atoms with Crippen LogP contribution in [0, 0.1) is 0 Å². The molecule has 1 amide bonds. The van der Waals surface area contributed by atoms with Gasteiger partial charge in [0.15, 0.2) is 0 Å². The number of anilines is 2. The monoisotopic (exact) mass is 369 g/mol. The fraction of sp³-hybridized carbons (Fsp3) is 0.368. The summed E-state index contributed by atoms with van der Waals surface area (Å²) in [6, 6.07) is 8.56. The molecule has 8 heteroatoms. The summed E-state index contributed by atoms with van der Waals surface area (Å²) in [5.74, 6) is -0.119. The number of methoxy groups -OCH3 is 1. The second-order valence-corrected chi connectivity index (χ2v) is 6.18. The van der Waals surface area contributed by atoms with E-state index in [1.807, 2.05) is 0 Å². The standard InChI is InChI=1S/C19H23N5O3/c1-3-23-8-10-24(11-9-23)18(25)16-12-17(21-13-20-16)22-15-7-5-4-6-14(15)19(26)27-2/h4-7,12-13H,3,8-11H2,1-2H3,(H,20,21,22). The van der Waals surface area contributed by atoms with Gasteiger partial charge in [0.05, 0.1) is 18.4 Å². The van der Waals surface area contributed by atoms with Crippen LogP contribution in [-0.4, -0.2) is 71.5 Å². The van der Waals surface area contributed by atoms with Crippen LogP contribution in [0.4, 0.5) is 11.5 Å². The molecule has 1 aliphatic heterocycles. The van der Waals surface area contributed by atoms with Crippen LogP contribution in [-0.2, 0) is 4.74 Å². The minimum Gasteiger partial charge on any atom is -0.465 e. The van der Waals surface area contributed by atoms with Gasteiger partial charge in [0, 0.05) is 32.2 Å². The Morgan fingerprint density at radius 2 is 1.89 bits per heavy atom. The van der Waals surface area contributed by atoms with Crippen molar-refractivity contribution in [3.8, 4) is 0 Å². The zero-order valence-electron chi connectivity index (χ0n) is 15.5. The first kappa shape index (κ1) is 18.8. The summed E-state index contributed by atoms with van der Waals surface area (Å²) in [5.41, 5.74) is 1.27. The highest BCUT2D eigenvalue weighted by atomic mass is 16.5. The van der Waals surface area contributed by atoms with Gasteiger partial charge in [0.2, 0.25) is 0 Å². The molecule has 1 fully saturated rings. The summed E-state index contributed by atoms with van der Waals surface area (Å²) in [5, 5.41) is 3.07. The van der Waals surface area contributed by atoms with Crippen LogP contribution in [0.2, 0.25) is 0 Å². The quantitative estimate of drug-likeness (QED) is 0.804. The average Bonchev–Trinajstić information content (AvgIpc) is 2.73. The molecule has 142 valence electrons. The fourth-order valence-electron chi connectivity index (χ4n) is 2.99. The lowest BCUT2D eigenvalue weighted by Gasteiger charge is -2.33. The minimum absolute atomic E-state index is 0.113. The van der Waals surface area contributed by atoms with Crippen molar-refractivity contribution >= 4 is 23.4 Å². The number of benzene rings is 1. The number of hydrogen-bond donors (Lipinski definition) is 1. The Hall–Kier alpha value is -3.00. The topological polar surface area (TPSA) is 87.7 Å². The van der Waals surface area contributed by atoms with Gasteiger partial charge in [-0.25, -0.2) is 14.8 Å². The number of hydrogen-bond acceptors (Lipinski definition) is 7. The Morgan fingerprint density at radius 1 is 1.15 bits per heavy atom. The maximum absolute atomic E-state index is 12.7. The molecule has 1 aliphatic rings. The van der Waals surface area contributed by atoms with E-state index in [0.29, 0.717) is 35.9 Å². The van der Waals surface area contributed by atoms with Gasteiger partial charge in [-0.1, -0.05) is 19.1 Å². The number of ether oxygens (including phenoxy) is 1. The van der Waals surface area contributed by atoms with E-state index in [-0.39, 0.29) is 5.91 Å². The van der Waals surface area contributed by atoms with E-state index in [1.54, 1.807) is 35.2 Å². The predicted molar refractivity (Wildman–Crippen MR) is 101 cm³/mol. The molecule has 3 rings (SSSR count). The molecule has 27 heavy (non-hydrogen) atoms. The lowest BCUT2D eigenvalue weighted by molar-refractivity contribution is 0.0600. The molecule has 8 nitrogen and oxygen atoms in total. The van der Waals surface area contributed by atoms with Gasteiger partial charge in [-0.05, 0) is 18.7 Å². The number of rotatable bonds is 5. The molecule has 0 radical (unpaired) electrons. The SMILES string of the molecule is CCN1CCN(C(=O)c2cc(Nc3ccccc3C(=O)OC)ncn2)CC1. The Kier molecular flexibility index (Phi) is 5.97. The van der Waals surface area contributed by atoms with Gasteiger partial charge < -0.3 is 19.9 Å². The third-order valence-electron chi connectivity index (χ3n) is 4.59. The van der Waals surface area contributed by atoms with Gasteiger partial charge in [-0.2, -0.15) is 0 Å². The smallest absolute Gasteiger partial charge is 0.339 e. The number of para-hydroxylation sites is 1. The minimum atomic E-state index is -0.447. The van der Waals surface area contributed by atoms with E-state index in [4.69, 9.17) is 4.74 Å². The maximum atomic E-state index is 12.7. The first-order chi connectivity index (χ1) is 13.1. The summed E-state index contributed by atoms with van der Waals surface area (Å²) in [4.78, 5) is 37.0. The van der Waals surface area contributed by atoms with Gasteiger partial charge in [-0.3, -0.25) is 4.79 Å². The Balaban J connectivity index is 1.75. The van der Waals surface area contributed by atoms with Gasteiger partial charge >= 0.3 is 5.97 Å². The van der Waals surface area contributed by atoms with E-state index >= 15 is 0 Å². The number of likely N-dealkylation sites (N-methyl/N-ethyl adjacent to an activating group) is 1. The van der Waals surface area contributed by atoms with E-state index in [9.17, 15) is 9.59 Å². The Labute approximate surface area is 158 Å². The van der Waals surface area contributed by atoms with Crippen LogP contribution >= 0.6 is 0 Å². The summed E-state index contributed by atoms with van der Waals surface area (Å²) < 4.78 is 4.80. The molecule has 1 aromatic carbocycles. The lowest BCUT2D eigenvalue weighted by Crippen LogP contribution is -2.48. The van der Waals surface area contributed by atoms with Crippen molar-refractivity contribution in [3.63, 3.8) is 0 Å². The van der Waals surface area contributed by atoms with Crippen LogP contribution < -0.4 is 5.32 Å². The normalized spacial score (nSPS) is 14.7. The average molecular weight is 369 g/mol. The summed E-state index contributed by atoms with van der Waals surface area (Å²) in [6.07, 6.45) is 1.35. The largest absolute Gasteiger partial charge is 0.465 e. The molecule has 0 saturated carbocycles. The van der Waals surface area contributed by atoms with E-state index in [0.717, 1.165) is 19.6 Å². The van der Waals surface area contributed by atoms with Crippen molar-refractivity contribution in [2.45, 2.75) is 6.92 Å². The molecule has 1 N–H and O–H groups in total. The first-order valence-corrected chi connectivity index (χ1v) is 8.90. The van der Waals surface area contributed by atoms with Gasteiger partial charge in [-0.15, -0.1) is 0 Å². The number of nitrogens with one attached hydrogen (secondary N) is 1. The molecule has 2 heterocycles. The summed E-state index contributed by atoms with van der Waals surface area (Å²) >= 11 is 0. The molecular weight excluding hydrogens is 346 g/mol. The zero-order valence-corrected chi connectivity index (χ0v) is 15.5. The molecule has 0 bridgehead atoms. The lowest BCUT2D eigenvalue weighted by atomic mass is 10.2. The highest BCUT2D eigenvalue weighted by molar-refractivity contribution is 5.97. The third kappa shape index (κ3) is 4.40. The van der Waals surface area contributed by atoms with E-state index in [2.05, 4.69) is 27.1 Å². The molecule has 0 unspecified atom stereocenters. The highest BCUT2D eigenvalue weighted by Crippen LogP contribution is 2.21. The van der Waals surface area contributed by atoms with Crippen LogP contribution in [0.15, 0.2) is 36.7 Å². The second-order valence-electron chi connectivity index (χ2n) is 6.18. The predicted octanol–water partition coefficient (Wildman–Crippen LogP) is 1.78. The van der Waals surface area contributed by atoms with Crippen molar-refractivity contribution < 1.29 is 14.3 Å². The molecule has 2 aromatic rings. The first-order valence-electron chi connectivity index (χ1n) is 8.90. The van der Waals surface area contributed by atoms with Crippen molar-refractivity contribution in [1.82, 2.24) is 19.8 Å². The molecule has 1 saturated heterocycles. The van der Waals surface area contributed by atoms with Gasteiger partial charge in [0.1, 0.15) is 17.8 Å². The summed E-state index contributed by atoms with van der Waals surface area (Å²) in [6.45, 7) is 6.21. The fourth-order valence-corrected chi connectivity index (χ4v) is 2.99. The number of carbonyl (C=O) groups is 2. The molecule has 0 atom stereocenters. The number of esters is 1. The molecule has 0 aliphatic carbocycles. The van der Waals surface area contributed by atoms with Crippen molar-refractivity contribution in [2.24, 2.45) is 0 Å². The third-order valence-corrected chi connectivity index (χ3v) is 4.59. The number of nitrogens with zero attached hydrogens (tertiary/aromatic N) is 4. The number of piperazine rings is 1. The van der Waals surface area contributed by atoms with Crippen molar-refractivity contribution in [3.05, 3.63) is 47.9 Å². The Morgan fingerprint density at radius 3 is 2.59 bits per heavy atom. The van der Waals surface area contributed by atoms with E-state index in [1.165, 1.54) is 13.4 Å². The van der Waals surface area contributed by atoms with Crippen molar-refractivity contribution in [2.75, 3.05) is 45.2 Å². The maximum Gasteiger partial charge on any atom is 0.339 e. The van der Waals surface area contributed by atoms with Crippen LogP contribution in [0.25, 0.3) is 0 Å². The Bertz CT molecular complexity index is 818. The van der Waals surface area contributed by atoms with Crippen LogP contribution in [0.3, 0.4) is 0 Å².